The van der Waals surface area contributed by atoms with Crippen LogP contribution < -0.4 is 9.64 Å². The Bertz CT molecular complexity index is 955. The summed E-state index contributed by atoms with van der Waals surface area (Å²) in [7, 11) is -4.28. The van der Waals surface area contributed by atoms with Gasteiger partial charge in [0, 0.05) is 0 Å². The normalized spacial score (nSPS) is 14.1. The summed E-state index contributed by atoms with van der Waals surface area (Å²) < 4.78 is 40.7. The molecule has 6 heteroatoms. The molecule has 2 aromatic rings. The summed E-state index contributed by atoms with van der Waals surface area (Å²) >= 11 is 0. The molecule has 0 amide bonds. The fourth-order valence-electron chi connectivity index (χ4n) is 3.90. The first kappa shape index (κ1) is 21.7. The van der Waals surface area contributed by atoms with Gasteiger partial charge in [-0.2, -0.15) is 8.42 Å². The molecular formula is C23H31NO4S. The van der Waals surface area contributed by atoms with E-state index in [0.29, 0.717) is 22.9 Å². The number of nitrogens with zero attached hydrogens (tertiary/aromatic N) is 1. The highest BCUT2D eigenvalue weighted by molar-refractivity contribution is 7.86. The monoisotopic (exact) mass is 417 g/mol. The van der Waals surface area contributed by atoms with Crippen molar-refractivity contribution in [3.8, 4) is 11.5 Å². The van der Waals surface area contributed by atoms with Crippen LogP contribution >= 0.6 is 0 Å². The fraction of sp³-hybridized carbons (Fsp3) is 0.478. The van der Waals surface area contributed by atoms with Crippen LogP contribution in [0.1, 0.15) is 64.0 Å². The molecule has 1 atom stereocenters. The highest BCUT2D eigenvalue weighted by Gasteiger charge is 2.36. The largest absolute Gasteiger partial charge is 0.453 e. The summed E-state index contributed by atoms with van der Waals surface area (Å²) in [6, 6.07) is 11.8. The summed E-state index contributed by atoms with van der Waals surface area (Å²) in [4.78, 5) is 1.72. The lowest BCUT2D eigenvalue weighted by molar-refractivity contribution is 0.448. The van der Waals surface area contributed by atoms with E-state index in [-0.39, 0.29) is 6.42 Å². The van der Waals surface area contributed by atoms with Gasteiger partial charge in [-0.3, -0.25) is 4.55 Å². The summed E-state index contributed by atoms with van der Waals surface area (Å²) in [6.07, 6.45) is 6.35. The first-order valence-electron chi connectivity index (χ1n) is 10.6. The molecule has 2 aromatic carbocycles. The maximum Gasteiger partial charge on any atom is 0.286 e. The molecule has 0 saturated carbocycles. The lowest BCUT2D eigenvalue weighted by atomic mass is 10.0. The van der Waals surface area contributed by atoms with E-state index in [4.69, 9.17) is 4.74 Å². The van der Waals surface area contributed by atoms with Gasteiger partial charge in [-0.15, -0.1) is 0 Å². The van der Waals surface area contributed by atoms with Crippen molar-refractivity contribution in [3.05, 3.63) is 47.5 Å². The average Bonchev–Trinajstić information content (AvgIpc) is 2.69. The lowest BCUT2D eigenvalue weighted by Gasteiger charge is -2.37. The summed E-state index contributed by atoms with van der Waals surface area (Å²) in [5.74, 6) is 1.35. The number of hydrogen-bond acceptors (Lipinski definition) is 4. The third-order valence-corrected chi connectivity index (χ3v) is 6.66. The first-order valence-corrected chi connectivity index (χ1v) is 12.1. The molecule has 0 fully saturated rings. The van der Waals surface area contributed by atoms with Gasteiger partial charge in [-0.25, -0.2) is 0 Å². The minimum absolute atomic E-state index is 0.258. The second-order valence-electron chi connectivity index (χ2n) is 7.62. The van der Waals surface area contributed by atoms with Crippen LogP contribution in [0.4, 0.5) is 11.4 Å². The van der Waals surface area contributed by atoms with Crippen molar-refractivity contribution in [2.45, 2.75) is 71.1 Å². The van der Waals surface area contributed by atoms with Gasteiger partial charge in [0.05, 0.1) is 11.4 Å². The number of rotatable bonds is 9. The van der Waals surface area contributed by atoms with Crippen LogP contribution in [0.15, 0.2) is 36.4 Å². The number of hydrogen-bond donors (Lipinski definition) is 1. The van der Waals surface area contributed by atoms with Crippen molar-refractivity contribution < 1.29 is 17.7 Å². The second kappa shape index (κ2) is 9.18. The number of ether oxygens (including phenoxy) is 1. The van der Waals surface area contributed by atoms with E-state index in [0.717, 1.165) is 44.1 Å². The number of fused-ring (bicyclic) bond motifs is 2. The van der Waals surface area contributed by atoms with Crippen molar-refractivity contribution in [1.29, 1.82) is 0 Å². The maximum atomic E-state index is 12.2. The molecule has 3 rings (SSSR count). The minimum atomic E-state index is -4.28. The minimum Gasteiger partial charge on any atom is -0.453 e. The predicted octanol–water partition coefficient (Wildman–Crippen LogP) is 6.24. The van der Waals surface area contributed by atoms with Gasteiger partial charge in [0.15, 0.2) is 16.9 Å². The molecule has 0 spiro atoms. The molecule has 1 aliphatic rings. The number of aryl methyl sites for hydroxylation is 2. The number of para-hydroxylation sites is 1. The van der Waals surface area contributed by atoms with Crippen molar-refractivity contribution in [2.75, 3.05) is 4.90 Å². The molecular weight excluding hydrogens is 386 g/mol. The molecule has 5 nitrogen and oxygen atoms in total. The van der Waals surface area contributed by atoms with Crippen LogP contribution in [0.2, 0.25) is 0 Å². The van der Waals surface area contributed by atoms with E-state index < -0.39 is 15.5 Å². The van der Waals surface area contributed by atoms with Crippen LogP contribution in [-0.4, -0.2) is 18.3 Å². The van der Waals surface area contributed by atoms with Gasteiger partial charge in [0.2, 0.25) is 0 Å². The van der Waals surface area contributed by atoms with E-state index >= 15 is 0 Å². The van der Waals surface area contributed by atoms with Gasteiger partial charge >= 0.3 is 0 Å². The molecule has 0 bridgehead atoms. The van der Waals surface area contributed by atoms with E-state index in [1.54, 1.807) is 11.8 Å². The molecule has 158 valence electrons. The smallest absolute Gasteiger partial charge is 0.286 e. The van der Waals surface area contributed by atoms with Gasteiger partial charge in [-0.05, 0) is 61.4 Å². The van der Waals surface area contributed by atoms with E-state index in [2.05, 4.69) is 13.8 Å². The van der Waals surface area contributed by atoms with Crippen molar-refractivity contribution in [1.82, 2.24) is 0 Å². The molecule has 29 heavy (non-hydrogen) atoms. The van der Waals surface area contributed by atoms with Gasteiger partial charge < -0.3 is 9.64 Å². The van der Waals surface area contributed by atoms with Crippen LogP contribution in [0.5, 0.6) is 11.5 Å². The molecule has 0 aromatic heterocycles. The SMILES string of the molecule is CCCCc1ccc2c(c1)Oc1c(CCCC)cccc1N2C(CC)S(=O)(=O)O. The van der Waals surface area contributed by atoms with Crippen LogP contribution in [0.3, 0.4) is 0 Å². The third kappa shape index (κ3) is 4.59. The molecule has 1 N–H and O–H groups in total. The van der Waals surface area contributed by atoms with Crippen molar-refractivity contribution in [2.24, 2.45) is 0 Å². The Hall–Kier alpha value is -2.05. The zero-order chi connectivity index (χ0) is 21.0. The highest BCUT2D eigenvalue weighted by Crippen LogP contribution is 2.50. The molecule has 0 aliphatic carbocycles. The zero-order valence-electron chi connectivity index (χ0n) is 17.5. The van der Waals surface area contributed by atoms with Crippen molar-refractivity contribution >= 4 is 21.5 Å². The average molecular weight is 418 g/mol. The quantitative estimate of drug-likeness (QED) is 0.489. The number of benzene rings is 2. The van der Waals surface area contributed by atoms with E-state index in [9.17, 15) is 13.0 Å². The highest BCUT2D eigenvalue weighted by atomic mass is 32.2. The summed E-state index contributed by atoms with van der Waals surface area (Å²) in [5.41, 5.74) is 3.59. The fourth-order valence-corrected chi connectivity index (χ4v) is 4.81. The second-order valence-corrected chi connectivity index (χ2v) is 9.20. The Morgan fingerprint density at radius 1 is 1.00 bits per heavy atom. The first-order chi connectivity index (χ1) is 13.9. The van der Waals surface area contributed by atoms with Gasteiger partial charge in [0.1, 0.15) is 0 Å². The topological polar surface area (TPSA) is 66.8 Å². The maximum absolute atomic E-state index is 12.2. The van der Waals surface area contributed by atoms with Gasteiger partial charge in [0.25, 0.3) is 10.1 Å². The third-order valence-electron chi connectivity index (χ3n) is 5.43. The molecule has 1 unspecified atom stereocenters. The Morgan fingerprint density at radius 3 is 2.38 bits per heavy atom. The Balaban J connectivity index is 2.15. The van der Waals surface area contributed by atoms with Gasteiger partial charge in [-0.1, -0.05) is 51.8 Å². The predicted molar refractivity (Wildman–Crippen MR) is 118 cm³/mol. The lowest BCUT2D eigenvalue weighted by Crippen LogP contribution is -2.39. The van der Waals surface area contributed by atoms with E-state index in [1.165, 1.54) is 5.56 Å². The zero-order valence-corrected chi connectivity index (χ0v) is 18.3. The molecule has 1 heterocycles. The Morgan fingerprint density at radius 2 is 1.72 bits per heavy atom. The Labute approximate surface area is 174 Å². The summed E-state index contributed by atoms with van der Waals surface area (Å²) in [6.45, 7) is 6.07. The van der Waals surface area contributed by atoms with Crippen LogP contribution in [0, 0.1) is 0 Å². The number of unbranched alkanes of at least 4 members (excludes halogenated alkanes) is 2. The van der Waals surface area contributed by atoms with Crippen LogP contribution in [-0.2, 0) is 23.0 Å². The Kier molecular flexibility index (Phi) is 6.85. The van der Waals surface area contributed by atoms with Crippen molar-refractivity contribution in [3.63, 3.8) is 0 Å². The van der Waals surface area contributed by atoms with Crippen LogP contribution in [0.25, 0.3) is 0 Å². The summed E-state index contributed by atoms with van der Waals surface area (Å²) in [5, 5.41) is -1.06. The van der Waals surface area contributed by atoms with E-state index in [1.807, 2.05) is 36.4 Å². The standard InChI is InChI=1S/C23H31NO4S/c1-4-7-10-17-14-15-19-21(16-17)28-23-18(11-8-5-2)12-9-13-20(23)24(19)22(6-3)29(25,26)27/h9,12-16,22H,4-8,10-11H2,1-3H3,(H,25,26,27). The number of anilines is 2. The molecule has 0 saturated heterocycles. The molecule has 1 aliphatic heterocycles. The molecule has 0 radical (unpaired) electrons.